The van der Waals surface area contributed by atoms with Gasteiger partial charge in [-0.05, 0) is 49.6 Å². The fourth-order valence-electron chi connectivity index (χ4n) is 5.04. The Kier molecular flexibility index (Phi) is 9.91. The molecule has 210 valence electrons. The van der Waals surface area contributed by atoms with Crippen molar-refractivity contribution in [1.82, 2.24) is 10.2 Å². The van der Waals surface area contributed by atoms with E-state index in [9.17, 15) is 14.4 Å². The minimum atomic E-state index is -0.926. The standard InChI is InChI=1S/C28H32Cl2N2O6S/c1-3-37-27(35)32-24(17-39-28(32)13-4-5-14-28)25(33)31-23(26(34)36-2)15-18-9-11-19(12-10-18)38-16-20-21(29)7-6-8-22(20)30/h6-12,23-24H,3-5,13-17H2,1-2H3,(H,31,33)/t23?,24-/m1/s1. The number of thioether (sulfide) groups is 1. The number of nitrogens with zero attached hydrogens (tertiary/aromatic N) is 1. The second-order valence-corrected chi connectivity index (χ2v) is 11.7. The molecule has 1 spiro atoms. The van der Waals surface area contributed by atoms with Crippen LogP contribution in [0.5, 0.6) is 5.75 Å². The van der Waals surface area contributed by atoms with Crippen molar-refractivity contribution in [1.29, 1.82) is 0 Å². The Labute approximate surface area is 242 Å². The van der Waals surface area contributed by atoms with Crippen LogP contribution in [-0.2, 0) is 32.1 Å². The molecule has 39 heavy (non-hydrogen) atoms. The van der Waals surface area contributed by atoms with E-state index in [1.165, 1.54) is 7.11 Å². The van der Waals surface area contributed by atoms with Gasteiger partial charge in [0.15, 0.2) is 0 Å². The number of carbonyl (C=O) groups is 3. The molecule has 2 fully saturated rings. The van der Waals surface area contributed by atoms with Crippen LogP contribution in [0.15, 0.2) is 42.5 Å². The molecule has 1 saturated carbocycles. The first-order chi connectivity index (χ1) is 18.8. The van der Waals surface area contributed by atoms with Crippen LogP contribution in [0.2, 0.25) is 10.0 Å². The summed E-state index contributed by atoms with van der Waals surface area (Å²) in [4.78, 5) is 40.1. The summed E-state index contributed by atoms with van der Waals surface area (Å²) in [7, 11) is 1.28. The number of halogens is 2. The topological polar surface area (TPSA) is 94.2 Å². The summed E-state index contributed by atoms with van der Waals surface area (Å²) in [5.74, 6) is 0.0792. The van der Waals surface area contributed by atoms with E-state index in [1.807, 2.05) is 12.1 Å². The third kappa shape index (κ3) is 6.76. The van der Waals surface area contributed by atoms with E-state index in [2.05, 4.69) is 5.32 Å². The minimum absolute atomic E-state index is 0.205. The van der Waals surface area contributed by atoms with Crippen LogP contribution in [0.1, 0.15) is 43.7 Å². The molecule has 1 aliphatic carbocycles. The van der Waals surface area contributed by atoms with Crippen LogP contribution in [0.25, 0.3) is 0 Å². The van der Waals surface area contributed by atoms with Gasteiger partial charge >= 0.3 is 12.1 Å². The number of carbonyl (C=O) groups excluding carboxylic acids is 3. The van der Waals surface area contributed by atoms with E-state index in [1.54, 1.807) is 53.9 Å². The van der Waals surface area contributed by atoms with Crippen molar-refractivity contribution in [3.63, 3.8) is 0 Å². The van der Waals surface area contributed by atoms with Gasteiger partial charge in [-0.25, -0.2) is 9.59 Å². The zero-order chi connectivity index (χ0) is 28.0. The Morgan fingerprint density at radius 3 is 2.38 bits per heavy atom. The maximum Gasteiger partial charge on any atom is 0.411 e. The minimum Gasteiger partial charge on any atom is -0.489 e. The number of hydrogen-bond donors (Lipinski definition) is 1. The number of ether oxygens (including phenoxy) is 3. The molecular formula is C28H32Cl2N2O6S. The van der Waals surface area contributed by atoms with Gasteiger partial charge in [0.1, 0.15) is 24.4 Å². The summed E-state index contributed by atoms with van der Waals surface area (Å²) in [6.07, 6.45) is 3.34. The first-order valence-corrected chi connectivity index (χ1v) is 14.6. The monoisotopic (exact) mass is 594 g/mol. The van der Waals surface area contributed by atoms with Gasteiger partial charge in [-0.3, -0.25) is 9.69 Å². The lowest BCUT2D eigenvalue weighted by Gasteiger charge is -2.36. The molecular weight excluding hydrogens is 563 g/mol. The molecule has 1 unspecified atom stereocenters. The van der Waals surface area contributed by atoms with Gasteiger partial charge in [0, 0.05) is 27.8 Å². The lowest BCUT2D eigenvalue weighted by Crippen LogP contribution is -2.56. The predicted molar refractivity (Wildman–Crippen MR) is 151 cm³/mol. The van der Waals surface area contributed by atoms with Gasteiger partial charge in [0.05, 0.1) is 18.6 Å². The van der Waals surface area contributed by atoms with Crippen molar-refractivity contribution in [2.24, 2.45) is 0 Å². The summed E-state index contributed by atoms with van der Waals surface area (Å²) in [5.41, 5.74) is 1.49. The molecule has 1 heterocycles. The normalized spacial score (nSPS) is 18.6. The molecule has 2 aromatic carbocycles. The van der Waals surface area contributed by atoms with E-state index in [-0.39, 0.29) is 19.6 Å². The van der Waals surface area contributed by atoms with Crippen molar-refractivity contribution in [2.75, 3.05) is 19.5 Å². The van der Waals surface area contributed by atoms with E-state index in [4.69, 9.17) is 37.4 Å². The van der Waals surface area contributed by atoms with Crippen LogP contribution in [0, 0.1) is 0 Å². The van der Waals surface area contributed by atoms with Crippen molar-refractivity contribution in [3.05, 3.63) is 63.6 Å². The van der Waals surface area contributed by atoms with Crippen LogP contribution in [0.4, 0.5) is 4.79 Å². The zero-order valence-electron chi connectivity index (χ0n) is 21.9. The molecule has 8 nitrogen and oxygen atoms in total. The van der Waals surface area contributed by atoms with E-state index in [0.29, 0.717) is 27.1 Å². The highest BCUT2D eigenvalue weighted by Crippen LogP contribution is 2.50. The molecule has 0 bridgehead atoms. The Balaban J connectivity index is 1.42. The van der Waals surface area contributed by atoms with Crippen LogP contribution < -0.4 is 10.1 Å². The number of esters is 1. The number of hydrogen-bond acceptors (Lipinski definition) is 7. The smallest absolute Gasteiger partial charge is 0.411 e. The molecule has 4 rings (SSSR count). The maximum absolute atomic E-state index is 13.4. The van der Waals surface area contributed by atoms with Gasteiger partial charge in [0.2, 0.25) is 5.91 Å². The second kappa shape index (κ2) is 13.2. The van der Waals surface area contributed by atoms with E-state index in [0.717, 1.165) is 31.2 Å². The van der Waals surface area contributed by atoms with Gasteiger partial charge in [-0.1, -0.05) is 54.2 Å². The van der Waals surface area contributed by atoms with Crippen LogP contribution in [-0.4, -0.2) is 59.3 Å². The molecule has 2 aliphatic rings. The first-order valence-electron chi connectivity index (χ1n) is 12.9. The Morgan fingerprint density at radius 2 is 1.77 bits per heavy atom. The molecule has 2 aromatic rings. The van der Waals surface area contributed by atoms with E-state index >= 15 is 0 Å². The number of rotatable bonds is 9. The van der Waals surface area contributed by atoms with Gasteiger partial charge < -0.3 is 19.5 Å². The van der Waals surface area contributed by atoms with Crippen LogP contribution >= 0.6 is 35.0 Å². The molecule has 1 aliphatic heterocycles. The summed E-state index contributed by atoms with van der Waals surface area (Å²) in [6.45, 7) is 2.17. The third-order valence-corrected chi connectivity index (χ3v) is 9.36. The third-order valence-electron chi connectivity index (χ3n) is 7.02. The quantitative estimate of drug-likeness (QED) is 0.377. The highest BCUT2D eigenvalue weighted by Gasteiger charge is 2.54. The Hall–Kier alpha value is -2.62. The van der Waals surface area contributed by atoms with Crippen molar-refractivity contribution < 1.29 is 28.6 Å². The first kappa shape index (κ1) is 29.4. The van der Waals surface area contributed by atoms with Crippen molar-refractivity contribution in [3.8, 4) is 5.75 Å². The van der Waals surface area contributed by atoms with Crippen molar-refractivity contribution >= 4 is 52.9 Å². The van der Waals surface area contributed by atoms with Gasteiger partial charge in [0.25, 0.3) is 0 Å². The maximum atomic E-state index is 13.4. The molecule has 2 atom stereocenters. The Bertz CT molecular complexity index is 1170. The van der Waals surface area contributed by atoms with Gasteiger partial charge in [-0.15, -0.1) is 11.8 Å². The summed E-state index contributed by atoms with van der Waals surface area (Å²) in [6, 6.07) is 10.8. The lowest BCUT2D eigenvalue weighted by atomic mass is 10.0. The highest BCUT2D eigenvalue weighted by molar-refractivity contribution is 8.01. The molecule has 11 heteroatoms. The number of nitrogens with one attached hydrogen (secondary N) is 1. The highest BCUT2D eigenvalue weighted by atomic mass is 35.5. The summed E-state index contributed by atoms with van der Waals surface area (Å²) >= 11 is 14.0. The Morgan fingerprint density at radius 1 is 1.10 bits per heavy atom. The van der Waals surface area contributed by atoms with E-state index < -0.39 is 34.9 Å². The van der Waals surface area contributed by atoms with Crippen LogP contribution in [0.3, 0.4) is 0 Å². The average molecular weight is 596 g/mol. The fourth-order valence-corrected chi connectivity index (χ4v) is 7.23. The summed E-state index contributed by atoms with van der Waals surface area (Å²) < 4.78 is 16.1. The molecule has 2 amide bonds. The number of benzene rings is 2. The zero-order valence-corrected chi connectivity index (χ0v) is 24.2. The van der Waals surface area contributed by atoms with Gasteiger partial charge in [-0.2, -0.15) is 0 Å². The lowest BCUT2D eigenvalue weighted by molar-refractivity contribution is -0.145. The molecule has 1 N–H and O–H groups in total. The fraction of sp³-hybridized carbons (Fsp3) is 0.464. The number of methoxy groups -OCH3 is 1. The molecule has 0 radical (unpaired) electrons. The SMILES string of the molecule is CCOC(=O)N1[C@@H](C(=O)NC(Cc2ccc(OCc3c(Cl)cccc3Cl)cc2)C(=O)OC)CSC12CCCC2. The second-order valence-electron chi connectivity index (χ2n) is 9.47. The number of amides is 2. The van der Waals surface area contributed by atoms with Crippen molar-refractivity contribution in [2.45, 2.75) is 62.6 Å². The largest absolute Gasteiger partial charge is 0.489 e. The molecule has 0 aromatic heterocycles. The molecule has 1 saturated heterocycles. The average Bonchev–Trinajstić information content (AvgIpc) is 3.55. The summed E-state index contributed by atoms with van der Waals surface area (Å²) in [5, 5.41) is 3.88. The predicted octanol–water partition coefficient (Wildman–Crippen LogP) is 5.62.